The molecule has 0 aromatic carbocycles. The van der Waals surface area contributed by atoms with E-state index in [9.17, 15) is 4.79 Å². The summed E-state index contributed by atoms with van der Waals surface area (Å²) in [7, 11) is 0. The number of aliphatic carboxylic acids is 1. The van der Waals surface area contributed by atoms with Gasteiger partial charge in [0, 0.05) is 13.2 Å². The molecule has 0 unspecified atom stereocenters. The summed E-state index contributed by atoms with van der Waals surface area (Å²) in [6, 6.07) is 0. The molecule has 0 rings (SSSR count). The zero-order valence-corrected chi connectivity index (χ0v) is 8.50. The Labute approximate surface area is 78.8 Å². The van der Waals surface area contributed by atoms with Crippen molar-refractivity contribution in [3.05, 3.63) is 0 Å². The first-order valence-corrected chi connectivity index (χ1v) is 4.60. The van der Waals surface area contributed by atoms with Gasteiger partial charge >= 0.3 is 5.97 Å². The van der Waals surface area contributed by atoms with Gasteiger partial charge < -0.3 is 14.6 Å². The van der Waals surface area contributed by atoms with Crippen LogP contribution in [0.4, 0.5) is 0 Å². The summed E-state index contributed by atoms with van der Waals surface area (Å²) < 4.78 is 10.7. The van der Waals surface area contributed by atoms with Crippen LogP contribution in [-0.2, 0) is 14.3 Å². The lowest BCUT2D eigenvalue weighted by atomic mass is 10.1. The van der Waals surface area contributed by atoms with Gasteiger partial charge in [0.05, 0.1) is 6.42 Å². The van der Waals surface area contributed by atoms with Gasteiger partial charge in [-0.2, -0.15) is 0 Å². The molecule has 0 amide bonds. The first-order valence-electron chi connectivity index (χ1n) is 4.60. The Kier molecular flexibility index (Phi) is 5.66. The predicted molar refractivity (Wildman–Crippen MR) is 48.5 cm³/mol. The Morgan fingerprint density at radius 2 is 1.69 bits per heavy atom. The zero-order chi connectivity index (χ0) is 10.3. The molecule has 0 saturated carbocycles. The molecule has 1 N–H and O–H groups in total. The second kappa shape index (κ2) is 5.94. The Morgan fingerprint density at radius 1 is 1.23 bits per heavy atom. The highest BCUT2D eigenvalue weighted by Crippen LogP contribution is 2.22. The minimum atomic E-state index is -0.935. The van der Waals surface area contributed by atoms with E-state index in [-0.39, 0.29) is 6.42 Å². The van der Waals surface area contributed by atoms with Crippen molar-refractivity contribution in [1.82, 2.24) is 0 Å². The number of hydrogen-bond acceptors (Lipinski definition) is 3. The third-order valence-corrected chi connectivity index (χ3v) is 1.77. The highest BCUT2D eigenvalue weighted by molar-refractivity contribution is 5.67. The quantitative estimate of drug-likeness (QED) is 0.620. The Hall–Kier alpha value is -0.610. The minimum Gasteiger partial charge on any atom is -0.481 e. The van der Waals surface area contributed by atoms with E-state index in [1.807, 2.05) is 20.8 Å². The van der Waals surface area contributed by atoms with E-state index in [1.165, 1.54) is 0 Å². The van der Waals surface area contributed by atoms with Crippen LogP contribution in [0.1, 0.15) is 33.6 Å². The number of carbonyl (C=O) groups is 1. The standard InChI is InChI=1S/C9H18O4/c1-4-9(12-5-2,13-6-3)7-8(10)11/h4-7H2,1-3H3,(H,10,11). The highest BCUT2D eigenvalue weighted by atomic mass is 16.7. The van der Waals surface area contributed by atoms with Crippen molar-refractivity contribution in [2.24, 2.45) is 0 Å². The number of carboxylic acids is 1. The van der Waals surface area contributed by atoms with Gasteiger partial charge in [-0.25, -0.2) is 0 Å². The van der Waals surface area contributed by atoms with E-state index in [0.717, 1.165) is 0 Å². The Balaban J connectivity index is 4.33. The molecule has 0 aliphatic rings. The average molecular weight is 190 g/mol. The molecule has 0 bridgehead atoms. The molecule has 13 heavy (non-hydrogen) atoms. The summed E-state index contributed by atoms with van der Waals surface area (Å²) in [5.41, 5.74) is 0. The molecular formula is C9H18O4. The number of carboxylic acid groups (broad SMARTS) is 1. The van der Waals surface area contributed by atoms with Crippen LogP contribution < -0.4 is 0 Å². The van der Waals surface area contributed by atoms with E-state index in [0.29, 0.717) is 19.6 Å². The lowest BCUT2D eigenvalue weighted by molar-refractivity contribution is -0.239. The maximum atomic E-state index is 10.6. The second-order valence-electron chi connectivity index (χ2n) is 2.70. The number of hydrogen-bond donors (Lipinski definition) is 1. The molecule has 0 heterocycles. The number of ether oxygens (including phenoxy) is 2. The van der Waals surface area contributed by atoms with Gasteiger partial charge in [0.1, 0.15) is 0 Å². The van der Waals surface area contributed by atoms with Crippen LogP contribution in [-0.4, -0.2) is 30.1 Å². The van der Waals surface area contributed by atoms with Gasteiger partial charge in [0.15, 0.2) is 5.79 Å². The summed E-state index contributed by atoms with van der Waals surface area (Å²) >= 11 is 0. The van der Waals surface area contributed by atoms with Crippen LogP contribution in [0, 0.1) is 0 Å². The molecule has 0 saturated heterocycles. The lowest BCUT2D eigenvalue weighted by Gasteiger charge is -2.30. The monoisotopic (exact) mass is 190 g/mol. The average Bonchev–Trinajstić information content (AvgIpc) is 2.04. The van der Waals surface area contributed by atoms with Gasteiger partial charge in [-0.05, 0) is 20.3 Å². The van der Waals surface area contributed by atoms with Crippen LogP contribution in [0.3, 0.4) is 0 Å². The predicted octanol–water partition coefficient (Wildman–Crippen LogP) is 1.64. The third-order valence-electron chi connectivity index (χ3n) is 1.77. The molecule has 0 fully saturated rings. The van der Waals surface area contributed by atoms with Crippen molar-refractivity contribution < 1.29 is 19.4 Å². The van der Waals surface area contributed by atoms with Gasteiger partial charge in [-0.3, -0.25) is 4.79 Å². The van der Waals surface area contributed by atoms with Crippen molar-refractivity contribution in [2.75, 3.05) is 13.2 Å². The van der Waals surface area contributed by atoms with Crippen molar-refractivity contribution in [3.8, 4) is 0 Å². The summed E-state index contributed by atoms with van der Waals surface area (Å²) in [5, 5.41) is 8.67. The zero-order valence-electron chi connectivity index (χ0n) is 8.50. The maximum absolute atomic E-state index is 10.6. The third kappa shape index (κ3) is 4.24. The largest absolute Gasteiger partial charge is 0.481 e. The van der Waals surface area contributed by atoms with Crippen molar-refractivity contribution in [3.63, 3.8) is 0 Å². The maximum Gasteiger partial charge on any atom is 0.308 e. The molecule has 0 aromatic heterocycles. The number of rotatable bonds is 7. The van der Waals surface area contributed by atoms with Crippen LogP contribution in [0.25, 0.3) is 0 Å². The molecule has 0 atom stereocenters. The Bertz CT molecular complexity index is 150. The summed E-state index contributed by atoms with van der Waals surface area (Å²) in [5.74, 6) is -1.83. The van der Waals surface area contributed by atoms with E-state index in [2.05, 4.69) is 0 Å². The first kappa shape index (κ1) is 12.4. The highest BCUT2D eigenvalue weighted by Gasteiger charge is 2.32. The van der Waals surface area contributed by atoms with E-state index in [4.69, 9.17) is 14.6 Å². The van der Waals surface area contributed by atoms with Crippen LogP contribution in [0.5, 0.6) is 0 Å². The second-order valence-corrected chi connectivity index (χ2v) is 2.70. The molecular weight excluding hydrogens is 172 g/mol. The van der Waals surface area contributed by atoms with Crippen molar-refractivity contribution in [2.45, 2.75) is 39.4 Å². The van der Waals surface area contributed by atoms with Gasteiger partial charge in [0.25, 0.3) is 0 Å². The SMILES string of the molecule is CCOC(CC)(CC(=O)O)OCC. The van der Waals surface area contributed by atoms with Crippen LogP contribution >= 0.6 is 0 Å². The van der Waals surface area contributed by atoms with Gasteiger partial charge in [-0.1, -0.05) is 6.92 Å². The van der Waals surface area contributed by atoms with Crippen molar-refractivity contribution in [1.29, 1.82) is 0 Å². The molecule has 0 spiro atoms. The molecule has 0 aromatic rings. The van der Waals surface area contributed by atoms with Crippen LogP contribution in [0.15, 0.2) is 0 Å². The molecule has 78 valence electrons. The normalized spacial score (nSPS) is 11.6. The topological polar surface area (TPSA) is 55.8 Å². The van der Waals surface area contributed by atoms with Crippen molar-refractivity contribution >= 4 is 5.97 Å². The van der Waals surface area contributed by atoms with E-state index < -0.39 is 11.8 Å². The van der Waals surface area contributed by atoms with Gasteiger partial charge in [0.2, 0.25) is 0 Å². The lowest BCUT2D eigenvalue weighted by Crippen LogP contribution is -2.38. The molecule has 0 radical (unpaired) electrons. The fourth-order valence-electron chi connectivity index (χ4n) is 1.23. The van der Waals surface area contributed by atoms with Gasteiger partial charge in [-0.15, -0.1) is 0 Å². The fourth-order valence-corrected chi connectivity index (χ4v) is 1.23. The molecule has 0 aliphatic carbocycles. The molecule has 4 heteroatoms. The first-order chi connectivity index (χ1) is 6.10. The van der Waals surface area contributed by atoms with E-state index in [1.54, 1.807) is 0 Å². The summed E-state index contributed by atoms with van der Waals surface area (Å²) in [6.45, 7) is 6.42. The smallest absolute Gasteiger partial charge is 0.308 e. The molecule has 0 aliphatic heterocycles. The van der Waals surface area contributed by atoms with E-state index >= 15 is 0 Å². The van der Waals surface area contributed by atoms with Crippen LogP contribution in [0.2, 0.25) is 0 Å². The molecule has 4 nitrogen and oxygen atoms in total. The fraction of sp³-hybridized carbons (Fsp3) is 0.889. The summed E-state index contributed by atoms with van der Waals surface area (Å²) in [6.07, 6.45) is 0.437. The Morgan fingerprint density at radius 3 is 1.92 bits per heavy atom. The minimum absolute atomic E-state index is 0.106. The summed E-state index contributed by atoms with van der Waals surface area (Å²) in [4.78, 5) is 10.6.